The molecule has 2 heterocycles. The predicted molar refractivity (Wildman–Crippen MR) is 79.3 cm³/mol. The largest absolute Gasteiger partial charge is 0.324 e. The first-order valence-electron chi connectivity index (χ1n) is 6.46. The Morgan fingerprint density at radius 2 is 2.21 bits per heavy atom. The smallest absolute Gasteiger partial charge is 0.191 e. The molecule has 0 aliphatic carbocycles. The summed E-state index contributed by atoms with van der Waals surface area (Å²) in [4.78, 5) is 4.61. The molecule has 0 spiro atoms. The lowest BCUT2D eigenvalue weighted by atomic mass is 10.3. The van der Waals surface area contributed by atoms with E-state index in [1.807, 2.05) is 0 Å². The zero-order valence-electron chi connectivity index (χ0n) is 11.3. The second-order valence-electron chi connectivity index (χ2n) is 4.12. The van der Waals surface area contributed by atoms with Crippen LogP contribution < -0.4 is 5.73 Å². The minimum absolute atomic E-state index is 0.429. The molecule has 19 heavy (non-hydrogen) atoms. The molecule has 2 rings (SSSR count). The van der Waals surface area contributed by atoms with Gasteiger partial charge in [0.1, 0.15) is 5.82 Å². The van der Waals surface area contributed by atoms with E-state index in [1.54, 1.807) is 23.1 Å². The van der Waals surface area contributed by atoms with Crippen LogP contribution in [0, 0.1) is 0 Å². The van der Waals surface area contributed by atoms with Gasteiger partial charge in [0.25, 0.3) is 0 Å². The highest BCUT2D eigenvalue weighted by atomic mass is 32.2. The van der Waals surface area contributed by atoms with Crippen molar-refractivity contribution in [3.63, 3.8) is 0 Å². The molecule has 2 N–H and O–H groups in total. The first kappa shape index (κ1) is 14.5. The highest BCUT2D eigenvalue weighted by Gasteiger charge is 2.11. The van der Waals surface area contributed by atoms with Crippen LogP contribution in [-0.2, 0) is 25.3 Å². The van der Waals surface area contributed by atoms with E-state index in [2.05, 4.69) is 39.0 Å². The van der Waals surface area contributed by atoms with Gasteiger partial charge in [-0.2, -0.15) is 0 Å². The molecule has 7 heteroatoms. The lowest BCUT2D eigenvalue weighted by molar-refractivity contribution is 0.643. The number of rotatable bonds is 7. The number of hydrogen-bond acceptors (Lipinski definition) is 6. The van der Waals surface area contributed by atoms with Crippen molar-refractivity contribution in [3.05, 3.63) is 21.9 Å². The SMILES string of the molecule is CCCc1nc(CSc2nnc(CN)n2CC)cs1. The maximum atomic E-state index is 5.64. The Kier molecular flexibility index (Phi) is 5.35. The van der Waals surface area contributed by atoms with E-state index in [4.69, 9.17) is 5.73 Å². The Morgan fingerprint density at radius 1 is 1.37 bits per heavy atom. The zero-order chi connectivity index (χ0) is 13.7. The van der Waals surface area contributed by atoms with Gasteiger partial charge >= 0.3 is 0 Å². The van der Waals surface area contributed by atoms with Crippen LogP contribution in [0.25, 0.3) is 0 Å². The van der Waals surface area contributed by atoms with Crippen molar-refractivity contribution in [2.24, 2.45) is 5.73 Å². The van der Waals surface area contributed by atoms with Crippen LogP contribution >= 0.6 is 23.1 Å². The maximum absolute atomic E-state index is 5.64. The normalized spacial score (nSPS) is 11.1. The van der Waals surface area contributed by atoms with Crippen molar-refractivity contribution >= 4 is 23.1 Å². The Bertz CT molecular complexity index is 520. The van der Waals surface area contributed by atoms with Gasteiger partial charge in [-0.3, -0.25) is 0 Å². The summed E-state index contributed by atoms with van der Waals surface area (Å²) >= 11 is 3.41. The first-order valence-corrected chi connectivity index (χ1v) is 8.33. The quantitative estimate of drug-likeness (QED) is 0.795. The third kappa shape index (κ3) is 3.55. The van der Waals surface area contributed by atoms with Crippen LogP contribution in [0.15, 0.2) is 10.5 Å². The number of nitrogens with zero attached hydrogens (tertiary/aromatic N) is 4. The van der Waals surface area contributed by atoms with Crippen LogP contribution in [0.3, 0.4) is 0 Å². The van der Waals surface area contributed by atoms with Crippen LogP contribution in [-0.4, -0.2) is 19.7 Å². The van der Waals surface area contributed by atoms with Gasteiger partial charge in [-0.25, -0.2) is 4.98 Å². The molecule has 2 aromatic rings. The number of aromatic nitrogens is 4. The van der Waals surface area contributed by atoms with Gasteiger partial charge in [0, 0.05) is 17.7 Å². The molecule has 0 atom stereocenters. The molecule has 0 saturated carbocycles. The molecular weight excluding hydrogens is 278 g/mol. The van der Waals surface area contributed by atoms with E-state index in [0.29, 0.717) is 6.54 Å². The van der Waals surface area contributed by atoms with Crippen molar-refractivity contribution in [1.82, 2.24) is 19.7 Å². The summed E-state index contributed by atoms with van der Waals surface area (Å²) in [5.41, 5.74) is 6.76. The van der Waals surface area contributed by atoms with E-state index in [-0.39, 0.29) is 0 Å². The fourth-order valence-electron chi connectivity index (χ4n) is 1.78. The summed E-state index contributed by atoms with van der Waals surface area (Å²) in [5.74, 6) is 1.68. The molecule has 0 unspecified atom stereocenters. The maximum Gasteiger partial charge on any atom is 0.191 e. The molecule has 2 aromatic heterocycles. The molecule has 0 saturated heterocycles. The number of aryl methyl sites for hydroxylation is 1. The molecular formula is C12H19N5S2. The summed E-state index contributed by atoms with van der Waals surface area (Å²) in [6, 6.07) is 0. The van der Waals surface area contributed by atoms with Crippen molar-refractivity contribution in [2.75, 3.05) is 0 Å². The van der Waals surface area contributed by atoms with Crippen LogP contribution in [0.1, 0.15) is 36.8 Å². The van der Waals surface area contributed by atoms with Crippen LogP contribution in [0.5, 0.6) is 0 Å². The van der Waals surface area contributed by atoms with Gasteiger partial charge in [0.05, 0.1) is 17.2 Å². The molecule has 0 amide bonds. The second-order valence-corrected chi connectivity index (χ2v) is 6.00. The van der Waals surface area contributed by atoms with E-state index in [9.17, 15) is 0 Å². The highest BCUT2D eigenvalue weighted by molar-refractivity contribution is 7.98. The average Bonchev–Trinajstić information content (AvgIpc) is 3.02. The van der Waals surface area contributed by atoms with Gasteiger partial charge in [-0.05, 0) is 19.8 Å². The van der Waals surface area contributed by atoms with Gasteiger partial charge in [0.2, 0.25) is 0 Å². The molecule has 0 aliphatic rings. The molecule has 0 bridgehead atoms. The van der Waals surface area contributed by atoms with Gasteiger partial charge in [0.15, 0.2) is 5.16 Å². The number of thioether (sulfide) groups is 1. The number of thiazole rings is 1. The summed E-state index contributed by atoms with van der Waals surface area (Å²) in [7, 11) is 0. The van der Waals surface area contributed by atoms with Crippen molar-refractivity contribution in [2.45, 2.75) is 50.7 Å². The summed E-state index contributed by atoms with van der Waals surface area (Å²) in [5, 5.41) is 12.6. The fraction of sp³-hybridized carbons (Fsp3) is 0.583. The van der Waals surface area contributed by atoms with Crippen molar-refractivity contribution in [3.8, 4) is 0 Å². The summed E-state index contributed by atoms with van der Waals surface area (Å²) in [6.45, 7) is 5.53. The van der Waals surface area contributed by atoms with Crippen molar-refractivity contribution < 1.29 is 0 Å². The molecule has 0 radical (unpaired) electrons. The Hall–Kier alpha value is -0.920. The molecule has 0 aromatic carbocycles. The Balaban J connectivity index is 1.99. The molecule has 104 valence electrons. The molecule has 0 fully saturated rings. The average molecular weight is 297 g/mol. The lowest BCUT2D eigenvalue weighted by Crippen LogP contribution is -2.08. The van der Waals surface area contributed by atoms with E-state index in [0.717, 1.165) is 41.8 Å². The zero-order valence-corrected chi connectivity index (χ0v) is 12.9. The third-order valence-corrected chi connectivity index (χ3v) is 4.66. The number of nitrogens with two attached hydrogens (primary N) is 1. The third-order valence-electron chi connectivity index (χ3n) is 2.70. The monoisotopic (exact) mass is 297 g/mol. The Morgan fingerprint density at radius 3 is 2.89 bits per heavy atom. The standard InChI is InChI=1S/C12H19N5S2/c1-3-5-11-14-9(7-18-11)8-19-12-16-15-10(6-13)17(12)4-2/h7H,3-6,8,13H2,1-2H3. The minimum Gasteiger partial charge on any atom is -0.324 e. The Labute approximate surface area is 121 Å². The van der Waals surface area contributed by atoms with E-state index < -0.39 is 0 Å². The van der Waals surface area contributed by atoms with Gasteiger partial charge in [-0.15, -0.1) is 21.5 Å². The second kappa shape index (κ2) is 7.02. The fourth-order valence-corrected chi connectivity index (χ4v) is 3.70. The minimum atomic E-state index is 0.429. The van der Waals surface area contributed by atoms with Gasteiger partial charge < -0.3 is 10.3 Å². The molecule has 0 aliphatic heterocycles. The van der Waals surface area contributed by atoms with E-state index >= 15 is 0 Å². The van der Waals surface area contributed by atoms with E-state index in [1.165, 1.54) is 5.01 Å². The van der Waals surface area contributed by atoms with Crippen molar-refractivity contribution in [1.29, 1.82) is 0 Å². The first-order chi connectivity index (χ1) is 9.28. The van der Waals surface area contributed by atoms with Crippen LogP contribution in [0.4, 0.5) is 0 Å². The van der Waals surface area contributed by atoms with Gasteiger partial charge in [-0.1, -0.05) is 18.7 Å². The number of hydrogen-bond donors (Lipinski definition) is 1. The summed E-state index contributed by atoms with van der Waals surface area (Å²) in [6.07, 6.45) is 2.21. The highest BCUT2D eigenvalue weighted by Crippen LogP contribution is 2.23. The predicted octanol–water partition coefficient (Wildman–Crippen LogP) is 2.46. The topological polar surface area (TPSA) is 69.6 Å². The molecule has 5 nitrogen and oxygen atoms in total. The lowest BCUT2D eigenvalue weighted by Gasteiger charge is -2.04. The van der Waals surface area contributed by atoms with Crippen LogP contribution in [0.2, 0.25) is 0 Å². The summed E-state index contributed by atoms with van der Waals surface area (Å²) < 4.78 is 2.06.